The van der Waals surface area contributed by atoms with Crippen LogP contribution in [-0.4, -0.2) is 19.7 Å². The molecule has 0 aliphatic heterocycles. The van der Waals surface area contributed by atoms with Crippen molar-refractivity contribution in [2.45, 2.75) is 57.4 Å². The van der Waals surface area contributed by atoms with Crippen LogP contribution in [0.2, 0.25) is 5.02 Å². The lowest BCUT2D eigenvalue weighted by Gasteiger charge is -2.28. The van der Waals surface area contributed by atoms with E-state index >= 15 is 0 Å². The molecule has 3 heteroatoms. The van der Waals surface area contributed by atoms with Gasteiger partial charge < -0.3 is 10.1 Å². The molecule has 1 aliphatic carbocycles. The maximum Gasteiger partial charge on any atom is 0.122 e. The predicted octanol–water partition coefficient (Wildman–Crippen LogP) is 4.76. The van der Waals surface area contributed by atoms with E-state index in [1.54, 1.807) is 7.11 Å². The highest BCUT2D eigenvalue weighted by Crippen LogP contribution is 2.38. The minimum atomic E-state index is 0.512. The van der Waals surface area contributed by atoms with Gasteiger partial charge in [-0.25, -0.2) is 0 Å². The van der Waals surface area contributed by atoms with E-state index < -0.39 is 0 Å². The summed E-state index contributed by atoms with van der Waals surface area (Å²) >= 11 is 6.21. The molecule has 0 bridgehead atoms. The molecular formula is C17H26ClNO. The summed E-state index contributed by atoms with van der Waals surface area (Å²) < 4.78 is 5.56. The Morgan fingerprint density at radius 3 is 2.80 bits per heavy atom. The summed E-state index contributed by atoms with van der Waals surface area (Å²) in [5.74, 6) is 1.49. The average Bonchev–Trinajstić information content (AvgIpc) is 2.70. The van der Waals surface area contributed by atoms with Gasteiger partial charge in [-0.15, -0.1) is 0 Å². The SMILES string of the molecule is CCCNC1CCCCCC1c1cc(Cl)ccc1OC. The van der Waals surface area contributed by atoms with Crippen LogP contribution in [0, 0.1) is 0 Å². The number of halogens is 1. The fourth-order valence-corrected chi connectivity index (χ4v) is 3.43. The molecule has 2 nitrogen and oxygen atoms in total. The van der Waals surface area contributed by atoms with Crippen LogP contribution >= 0.6 is 11.6 Å². The van der Waals surface area contributed by atoms with Crippen molar-refractivity contribution in [1.82, 2.24) is 5.32 Å². The standard InChI is InChI=1S/C17H26ClNO/c1-3-11-19-16-8-6-4-5-7-14(16)15-12-13(18)9-10-17(15)20-2/h9-10,12,14,16,19H,3-8,11H2,1-2H3. The molecule has 0 aromatic heterocycles. The minimum Gasteiger partial charge on any atom is -0.496 e. The summed E-state index contributed by atoms with van der Waals surface area (Å²) in [4.78, 5) is 0. The lowest BCUT2D eigenvalue weighted by atomic mass is 9.87. The quantitative estimate of drug-likeness (QED) is 0.791. The van der Waals surface area contributed by atoms with Crippen molar-refractivity contribution in [3.8, 4) is 5.75 Å². The summed E-state index contributed by atoms with van der Waals surface area (Å²) in [5, 5.41) is 4.54. The number of hydrogen-bond donors (Lipinski definition) is 1. The van der Waals surface area contributed by atoms with Crippen molar-refractivity contribution in [3.05, 3.63) is 28.8 Å². The second-order valence-corrected chi connectivity index (χ2v) is 6.13. The third-order valence-corrected chi connectivity index (χ3v) is 4.50. The van der Waals surface area contributed by atoms with E-state index in [0.717, 1.165) is 17.3 Å². The topological polar surface area (TPSA) is 21.3 Å². The van der Waals surface area contributed by atoms with E-state index in [4.69, 9.17) is 16.3 Å². The molecule has 0 heterocycles. The molecule has 0 saturated heterocycles. The number of hydrogen-bond acceptors (Lipinski definition) is 2. The van der Waals surface area contributed by atoms with E-state index in [-0.39, 0.29) is 0 Å². The first-order chi connectivity index (χ1) is 9.76. The highest BCUT2D eigenvalue weighted by molar-refractivity contribution is 6.30. The van der Waals surface area contributed by atoms with E-state index in [0.29, 0.717) is 12.0 Å². The predicted molar refractivity (Wildman–Crippen MR) is 85.9 cm³/mol. The van der Waals surface area contributed by atoms with Crippen molar-refractivity contribution in [2.24, 2.45) is 0 Å². The zero-order valence-electron chi connectivity index (χ0n) is 12.6. The Bertz CT molecular complexity index is 421. The van der Waals surface area contributed by atoms with Gasteiger partial charge in [0.05, 0.1) is 7.11 Å². The van der Waals surface area contributed by atoms with Gasteiger partial charge in [-0.3, -0.25) is 0 Å². The third kappa shape index (κ3) is 3.89. The molecule has 2 atom stereocenters. The molecule has 0 radical (unpaired) electrons. The average molecular weight is 296 g/mol. The fraction of sp³-hybridized carbons (Fsp3) is 0.647. The van der Waals surface area contributed by atoms with Crippen LogP contribution < -0.4 is 10.1 Å². The van der Waals surface area contributed by atoms with Crippen LogP contribution in [0.25, 0.3) is 0 Å². The Kier molecular flexibility index (Phi) is 6.18. The molecule has 1 saturated carbocycles. The Morgan fingerprint density at radius 1 is 1.25 bits per heavy atom. The zero-order valence-corrected chi connectivity index (χ0v) is 13.4. The van der Waals surface area contributed by atoms with Gasteiger partial charge >= 0.3 is 0 Å². The molecule has 0 amide bonds. The van der Waals surface area contributed by atoms with Crippen LogP contribution in [0.3, 0.4) is 0 Å². The van der Waals surface area contributed by atoms with Gasteiger partial charge in [-0.05, 0) is 44.0 Å². The monoisotopic (exact) mass is 295 g/mol. The molecule has 1 aromatic carbocycles. The maximum atomic E-state index is 6.21. The molecule has 1 N–H and O–H groups in total. The van der Waals surface area contributed by atoms with Gasteiger partial charge in [0.15, 0.2) is 0 Å². The molecular weight excluding hydrogens is 270 g/mol. The fourth-order valence-electron chi connectivity index (χ4n) is 3.25. The Balaban J connectivity index is 2.27. The van der Waals surface area contributed by atoms with Crippen molar-refractivity contribution < 1.29 is 4.74 Å². The highest BCUT2D eigenvalue weighted by atomic mass is 35.5. The van der Waals surface area contributed by atoms with Crippen molar-refractivity contribution in [1.29, 1.82) is 0 Å². The second kappa shape index (κ2) is 7.90. The summed E-state index contributed by atoms with van der Waals surface area (Å²) in [5.41, 5.74) is 1.27. The molecule has 112 valence electrons. The molecule has 1 fully saturated rings. The normalized spacial score (nSPS) is 23.4. The number of ether oxygens (including phenoxy) is 1. The van der Waals surface area contributed by atoms with E-state index in [9.17, 15) is 0 Å². The lowest BCUT2D eigenvalue weighted by Crippen LogP contribution is -2.35. The largest absolute Gasteiger partial charge is 0.496 e. The first-order valence-electron chi connectivity index (χ1n) is 7.83. The smallest absolute Gasteiger partial charge is 0.122 e. The number of methoxy groups -OCH3 is 1. The van der Waals surface area contributed by atoms with Gasteiger partial charge in [0.1, 0.15) is 5.75 Å². The Morgan fingerprint density at radius 2 is 2.05 bits per heavy atom. The second-order valence-electron chi connectivity index (χ2n) is 5.69. The molecule has 1 aliphatic rings. The summed E-state index contributed by atoms with van der Waals surface area (Å²) in [6.07, 6.45) is 7.60. The van der Waals surface area contributed by atoms with Crippen LogP contribution in [0.5, 0.6) is 5.75 Å². The maximum absolute atomic E-state index is 6.21. The van der Waals surface area contributed by atoms with E-state index in [1.807, 2.05) is 12.1 Å². The Labute approximate surface area is 127 Å². The zero-order chi connectivity index (χ0) is 14.4. The summed E-state index contributed by atoms with van der Waals surface area (Å²) in [7, 11) is 1.75. The Hall–Kier alpha value is -0.730. The highest BCUT2D eigenvalue weighted by Gasteiger charge is 2.27. The first kappa shape index (κ1) is 15.7. The van der Waals surface area contributed by atoms with Crippen LogP contribution in [0.4, 0.5) is 0 Å². The van der Waals surface area contributed by atoms with Crippen molar-refractivity contribution >= 4 is 11.6 Å². The number of benzene rings is 1. The van der Waals surface area contributed by atoms with Gasteiger partial charge in [0.2, 0.25) is 0 Å². The van der Waals surface area contributed by atoms with Gasteiger partial charge in [0.25, 0.3) is 0 Å². The van der Waals surface area contributed by atoms with Gasteiger partial charge in [-0.1, -0.05) is 37.8 Å². The number of nitrogens with one attached hydrogen (secondary N) is 1. The molecule has 2 unspecified atom stereocenters. The van der Waals surface area contributed by atoms with Gasteiger partial charge in [0, 0.05) is 22.5 Å². The third-order valence-electron chi connectivity index (χ3n) is 4.26. The first-order valence-corrected chi connectivity index (χ1v) is 8.21. The van der Waals surface area contributed by atoms with Gasteiger partial charge in [-0.2, -0.15) is 0 Å². The summed E-state index contributed by atoms with van der Waals surface area (Å²) in [6, 6.07) is 6.55. The minimum absolute atomic E-state index is 0.512. The van der Waals surface area contributed by atoms with Crippen LogP contribution in [0.15, 0.2) is 18.2 Å². The summed E-state index contributed by atoms with van der Waals surface area (Å²) in [6.45, 7) is 3.31. The van der Waals surface area contributed by atoms with Crippen LogP contribution in [-0.2, 0) is 0 Å². The molecule has 0 spiro atoms. The lowest BCUT2D eigenvalue weighted by molar-refractivity contribution is 0.376. The molecule has 2 rings (SSSR count). The van der Waals surface area contributed by atoms with Crippen molar-refractivity contribution in [2.75, 3.05) is 13.7 Å². The van der Waals surface area contributed by atoms with E-state index in [2.05, 4.69) is 18.3 Å². The van der Waals surface area contributed by atoms with Crippen LogP contribution in [0.1, 0.15) is 56.9 Å². The van der Waals surface area contributed by atoms with Crippen molar-refractivity contribution in [3.63, 3.8) is 0 Å². The molecule has 1 aromatic rings. The molecule has 20 heavy (non-hydrogen) atoms. The van der Waals surface area contributed by atoms with E-state index in [1.165, 1.54) is 44.1 Å². The number of rotatable bonds is 5.